The summed E-state index contributed by atoms with van der Waals surface area (Å²) in [6, 6.07) is 9.58. The highest BCUT2D eigenvalue weighted by Gasteiger charge is 2.64. The lowest BCUT2D eigenvalue weighted by Gasteiger charge is -2.64. The number of piperidine rings is 1. The van der Waals surface area contributed by atoms with E-state index in [-0.39, 0.29) is 0 Å². The molecule has 0 aromatic heterocycles. The maximum atomic E-state index is 4.31. The SMILES string of the molecule is CC1(C)C2CC(N3C4CCCCC4C4CCCCC43)CCC2N(C2CC2C2CCC(C3CNCC(C4CCCCC4)N3)CC2)C2CCC(N3C4CCCCC4C4CCCCC43)CC21. The van der Waals surface area contributed by atoms with Crippen LogP contribution in [0.3, 0.4) is 0 Å². The van der Waals surface area contributed by atoms with Gasteiger partial charge in [-0.1, -0.05) is 84.5 Å². The van der Waals surface area contributed by atoms with Crippen molar-refractivity contribution in [3.63, 3.8) is 0 Å². The van der Waals surface area contributed by atoms with E-state index in [4.69, 9.17) is 0 Å². The molecule has 354 valence electrons. The first-order chi connectivity index (χ1) is 31.0. The first kappa shape index (κ1) is 42.9. The van der Waals surface area contributed by atoms with Gasteiger partial charge in [0.05, 0.1) is 0 Å². The third-order valence-corrected chi connectivity index (χ3v) is 24.4. The van der Waals surface area contributed by atoms with Crippen LogP contribution in [0.4, 0.5) is 0 Å². The van der Waals surface area contributed by atoms with Crippen LogP contribution in [0.5, 0.6) is 0 Å². The van der Waals surface area contributed by atoms with Crippen LogP contribution < -0.4 is 10.6 Å². The topological polar surface area (TPSA) is 33.8 Å². The zero-order valence-corrected chi connectivity index (χ0v) is 41.0. The van der Waals surface area contributed by atoms with E-state index in [1.165, 1.54) is 174 Å². The Bertz CT molecular complexity index is 1450. The molecular formula is C58H97N5. The van der Waals surface area contributed by atoms with Gasteiger partial charge in [0.2, 0.25) is 0 Å². The summed E-state index contributed by atoms with van der Waals surface area (Å²) in [5, 5.41) is 8.27. The summed E-state index contributed by atoms with van der Waals surface area (Å²) < 4.78 is 0. The number of hydrogen-bond acceptors (Lipinski definition) is 5. The Kier molecular flexibility index (Phi) is 12.0. The van der Waals surface area contributed by atoms with Crippen molar-refractivity contribution in [2.75, 3.05) is 13.1 Å². The van der Waals surface area contributed by atoms with E-state index in [0.717, 1.165) is 126 Å². The fourth-order valence-corrected chi connectivity index (χ4v) is 21.7. The van der Waals surface area contributed by atoms with Gasteiger partial charge in [-0.15, -0.1) is 0 Å². The minimum absolute atomic E-state index is 0.456. The van der Waals surface area contributed by atoms with Gasteiger partial charge in [0, 0.05) is 79.5 Å². The number of fused-ring (bicyclic) bond motifs is 8. The van der Waals surface area contributed by atoms with E-state index < -0.39 is 0 Å². The van der Waals surface area contributed by atoms with Crippen molar-refractivity contribution < 1.29 is 0 Å². The predicted molar refractivity (Wildman–Crippen MR) is 260 cm³/mol. The van der Waals surface area contributed by atoms with Gasteiger partial charge < -0.3 is 10.6 Å². The highest BCUT2D eigenvalue weighted by Crippen LogP contribution is 2.63. The average molecular weight is 864 g/mol. The molecule has 0 radical (unpaired) electrons. The Balaban J connectivity index is 0.750. The smallest absolute Gasteiger partial charge is 0.0223 e. The van der Waals surface area contributed by atoms with Crippen molar-refractivity contribution in [2.45, 2.75) is 286 Å². The van der Waals surface area contributed by atoms with Crippen LogP contribution in [-0.2, 0) is 0 Å². The summed E-state index contributed by atoms with van der Waals surface area (Å²) in [6.07, 6.45) is 48.7. The number of rotatable bonds is 6. The van der Waals surface area contributed by atoms with Crippen LogP contribution in [0.15, 0.2) is 0 Å². The van der Waals surface area contributed by atoms with Gasteiger partial charge in [0.25, 0.3) is 0 Å². The second kappa shape index (κ2) is 17.6. The van der Waals surface area contributed by atoms with Crippen molar-refractivity contribution in [3.8, 4) is 0 Å². The zero-order chi connectivity index (χ0) is 41.8. The number of nitrogens with zero attached hydrogens (tertiary/aromatic N) is 3. The van der Waals surface area contributed by atoms with Gasteiger partial charge in [-0.25, -0.2) is 0 Å². The van der Waals surface area contributed by atoms with Crippen molar-refractivity contribution >= 4 is 0 Å². The molecule has 0 aromatic carbocycles. The van der Waals surface area contributed by atoms with Gasteiger partial charge in [-0.05, 0) is 199 Å². The van der Waals surface area contributed by atoms with Crippen LogP contribution in [-0.4, -0.2) is 94.2 Å². The molecular weight excluding hydrogens is 767 g/mol. The first-order valence-electron chi connectivity index (χ1n) is 29.8. The Morgan fingerprint density at radius 2 is 0.746 bits per heavy atom. The van der Waals surface area contributed by atoms with Gasteiger partial charge in [-0.3, -0.25) is 14.7 Å². The average Bonchev–Trinajstić information content (AvgIpc) is 3.95. The summed E-state index contributed by atoms with van der Waals surface area (Å²) in [4.78, 5) is 10.2. The molecule has 4 heterocycles. The lowest BCUT2D eigenvalue weighted by atomic mass is 9.53. The van der Waals surface area contributed by atoms with Crippen molar-refractivity contribution in [2.24, 2.45) is 64.6 Å². The number of nitrogens with one attached hydrogen (secondary N) is 2. The number of piperazine rings is 1. The Morgan fingerprint density at radius 1 is 0.333 bits per heavy atom. The molecule has 9 aliphatic carbocycles. The molecule has 13 fully saturated rings. The van der Waals surface area contributed by atoms with E-state index >= 15 is 0 Å². The molecule has 5 nitrogen and oxygen atoms in total. The molecule has 9 saturated carbocycles. The van der Waals surface area contributed by atoms with Gasteiger partial charge >= 0.3 is 0 Å². The highest BCUT2D eigenvalue weighted by atomic mass is 15.3. The van der Waals surface area contributed by atoms with E-state index in [2.05, 4.69) is 39.2 Å². The first-order valence-corrected chi connectivity index (χ1v) is 29.8. The van der Waals surface area contributed by atoms with E-state index in [1.807, 2.05) is 0 Å². The highest BCUT2D eigenvalue weighted by molar-refractivity contribution is 5.17. The lowest BCUT2D eigenvalue weighted by molar-refractivity contribution is -0.151. The fourth-order valence-electron chi connectivity index (χ4n) is 21.7. The second-order valence-electron chi connectivity index (χ2n) is 27.1. The maximum Gasteiger partial charge on any atom is 0.0223 e. The molecule has 18 atom stereocenters. The van der Waals surface area contributed by atoms with Gasteiger partial charge in [0.15, 0.2) is 0 Å². The van der Waals surface area contributed by atoms with E-state index in [1.54, 1.807) is 44.9 Å². The second-order valence-corrected chi connectivity index (χ2v) is 27.1. The molecule has 18 unspecified atom stereocenters. The molecule has 0 aromatic rings. The van der Waals surface area contributed by atoms with Crippen molar-refractivity contribution in [1.29, 1.82) is 0 Å². The lowest BCUT2D eigenvalue weighted by Crippen LogP contribution is -2.68. The monoisotopic (exact) mass is 864 g/mol. The minimum Gasteiger partial charge on any atom is -0.314 e. The molecule has 0 amide bonds. The summed E-state index contributed by atoms with van der Waals surface area (Å²) in [5.74, 6) is 9.79. The largest absolute Gasteiger partial charge is 0.314 e. The Hall–Kier alpha value is -0.200. The van der Waals surface area contributed by atoms with E-state index in [9.17, 15) is 0 Å². The summed E-state index contributed by atoms with van der Waals surface area (Å²) in [5.41, 5.74) is 0.456. The maximum absolute atomic E-state index is 4.31. The molecule has 4 aliphatic heterocycles. The molecule has 13 rings (SSSR count). The summed E-state index contributed by atoms with van der Waals surface area (Å²) >= 11 is 0. The summed E-state index contributed by atoms with van der Waals surface area (Å²) in [6.45, 7) is 8.25. The van der Waals surface area contributed by atoms with Crippen LogP contribution in [0.2, 0.25) is 0 Å². The van der Waals surface area contributed by atoms with E-state index in [0.29, 0.717) is 5.41 Å². The Morgan fingerprint density at radius 3 is 1.22 bits per heavy atom. The molecule has 63 heavy (non-hydrogen) atoms. The number of likely N-dealkylation sites (tertiary alicyclic amines) is 3. The molecule has 0 spiro atoms. The van der Waals surface area contributed by atoms with Crippen molar-refractivity contribution in [1.82, 2.24) is 25.3 Å². The van der Waals surface area contributed by atoms with Gasteiger partial charge in [-0.2, -0.15) is 0 Å². The normalized spacial score (nSPS) is 53.0. The van der Waals surface area contributed by atoms with Crippen LogP contribution in [0, 0.1) is 64.6 Å². The quantitative estimate of drug-likeness (QED) is 0.278. The molecule has 2 N–H and O–H groups in total. The van der Waals surface area contributed by atoms with Gasteiger partial charge in [0.1, 0.15) is 0 Å². The van der Waals surface area contributed by atoms with Crippen LogP contribution in [0.1, 0.15) is 219 Å². The number of hydrogen-bond donors (Lipinski definition) is 2. The fraction of sp³-hybridized carbons (Fsp3) is 1.00. The third kappa shape index (κ3) is 7.49. The Labute approximate surface area is 387 Å². The molecule has 0 bridgehead atoms. The molecule has 4 saturated heterocycles. The standard InChI is InChI=1S/C58H97N5/c1-58(2)47-32-40(61-51-20-10-6-16-42(51)43-17-7-11-21-52(43)61)28-30-55(47)63(56-31-29-41(33-48(56)58)62-53-22-12-8-18-44(53)45-19-9-13-23-54(45)62)57-34-46(57)37-24-26-39(27-25-37)50-36-59-35-49(60-50)38-14-4-3-5-15-38/h37-57,59-60H,3-36H2,1-2H3. The summed E-state index contributed by atoms with van der Waals surface area (Å²) in [7, 11) is 0. The van der Waals surface area contributed by atoms with Crippen LogP contribution in [0.25, 0.3) is 0 Å². The third-order valence-electron chi connectivity index (χ3n) is 24.4. The minimum atomic E-state index is 0.456. The molecule has 5 heteroatoms. The predicted octanol–water partition coefficient (Wildman–Crippen LogP) is 12.0. The van der Waals surface area contributed by atoms with Crippen LogP contribution >= 0.6 is 0 Å². The van der Waals surface area contributed by atoms with Crippen molar-refractivity contribution in [3.05, 3.63) is 0 Å². The molecule has 13 aliphatic rings. The zero-order valence-electron chi connectivity index (χ0n) is 41.0.